The number of carbonyl (C=O) groups is 1. The second-order valence-corrected chi connectivity index (χ2v) is 5.34. The molecule has 1 aromatic carbocycles. The minimum absolute atomic E-state index is 0.0601. The summed E-state index contributed by atoms with van der Waals surface area (Å²) in [5.74, 6) is -2.12. The van der Waals surface area contributed by atoms with Gasteiger partial charge < -0.3 is 10.6 Å². The van der Waals surface area contributed by atoms with Gasteiger partial charge in [-0.2, -0.15) is 0 Å². The molecule has 1 atom stereocenters. The SMILES string of the molecule is CCNc1c(F)cc(C(=O)NC(C)c2nccs2)cc1F. The fraction of sp³-hybridized carbons (Fsp3) is 0.286. The van der Waals surface area contributed by atoms with Crippen molar-refractivity contribution in [2.45, 2.75) is 19.9 Å². The quantitative estimate of drug-likeness (QED) is 0.890. The molecule has 0 saturated carbocycles. The number of aromatic nitrogens is 1. The number of carbonyl (C=O) groups excluding carboxylic acids is 1. The highest BCUT2D eigenvalue weighted by Gasteiger charge is 2.17. The van der Waals surface area contributed by atoms with E-state index < -0.39 is 17.5 Å². The lowest BCUT2D eigenvalue weighted by atomic mass is 10.1. The molecule has 1 amide bonds. The Kier molecular flexibility index (Phi) is 4.85. The zero-order chi connectivity index (χ0) is 15.4. The zero-order valence-corrected chi connectivity index (χ0v) is 12.4. The molecule has 0 saturated heterocycles. The highest BCUT2D eigenvalue weighted by atomic mass is 32.1. The van der Waals surface area contributed by atoms with E-state index in [-0.39, 0.29) is 17.3 Å². The molecule has 1 aromatic heterocycles. The van der Waals surface area contributed by atoms with E-state index in [1.165, 1.54) is 11.3 Å². The van der Waals surface area contributed by atoms with Crippen molar-refractivity contribution in [1.29, 1.82) is 0 Å². The number of amides is 1. The van der Waals surface area contributed by atoms with Crippen molar-refractivity contribution in [2.75, 3.05) is 11.9 Å². The van der Waals surface area contributed by atoms with Crippen molar-refractivity contribution < 1.29 is 13.6 Å². The number of hydrogen-bond acceptors (Lipinski definition) is 4. The Morgan fingerprint density at radius 1 is 1.38 bits per heavy atom. The van der Waals surface area contributed by atoms with Crippen LogP contribution in [0, 0.1) is 11.6 Å². The Morgan fingerprint density at radius 3 is 2.57 bits per heavy atom. The van der Waals surface area contributed by atoms with Crippen LogP contribution in [-0.4, -0.2) is 17.4 Å². The third-order valence-corrected chi connectivity index (χ3v) is 3.79. The molecule has 21 heavy (non-hydrogen) atoms. The molecule has 1 unspecified atom stereocenters. The summed E-state index contributed by atoms with van der Waals surface area (Å²) in [6.45, 7) is 3.88. The predicted octanol–water partition coefficient (Wildman–Crippen LogP) is 3.34. The zero-order valence-electron chi connectivity index (χ0n) is 11.6. The Labute approximate surface area is 125 Å². The molecule has 7 heteroatoms. The van der Waals surface area contributed by atoms with Gasteiger partial charge in [0.05, 0.1) is 6.04 Å². The first-order chi connectivity index (χ1) is 10.0. The smallest absolute Gasteiger partial charge is 0.252 e. The number of rotatable bonds is 5. The van der Waals surface area contributed by atoms with Crippen molar-refractivity contribution >= 4 is 22.9 Å². The average molecular weight is 311 g/mol. The standard InChI is InChI=1S/C14H15F2N3OS/c1-3-17-12-10(15)6-9(7-11(12)16)13(20)19-8(2)14-18-4-5-21-14/h4-8,17H,3H2,1-2H3,(H,19,20). The Balaban J connectivity index is 2.16. The summed E-state index contributed by atoms with van der Waals surface area (Å²) in [7, 11) is 0. The van der Waals surface area contributed by atoms with Gasteiger partial charge >= 0.3 is 0 Å². The van der Waals surface area contributed by atoms with Crippen LogP contribution >= 0.6 is 11.3 Å². The summed E-state index contributed by atoms with van der Waals surface area (Å²) >= 11 is 1.40. The molecule has 112 valence electrons. The molecule has 0 fully saturated rings. The lowest BCUT2D eigenvalue weighted by molar-refractivity contribution is 0.0939. The summed E-state index contributed by atoms with van der Waals surface area (Å²) in [6.07, 6.45) is 1.63. The predicted molar refractivity (Wildman–Crippen MR) is 78.5 cm³/mol. The minimum Gasteiger partial charge on any atom is -0.381 e. The lowest BCUT2D eigenvalue weighted by Gasteiger charge is -2.13. The number of nitrogens with zero attached hydrogens (tertiary/aromatic N) is 1. The molecule has 4 nitrogen and oxygen atoms in total. The van der Waals surface area contributed by atoms with Crippen LogP contribution in [0.3, 0.4) is 0 Å². The molecule has 0 spiro atoms. The maximum absolute atomic E-state index is 13.8. The highest BCUT2D eigenvalue weighted by molar-refractivity contribution is 7.09. The van der Waals surface area contributed by atoms with Gasteiger partial charge in [-0.1, -0.05) is 0 Å². The number of halogens is 2. The van der Waals surface area contributed by atoms with Crippen LogP contribution in [0.4, 0.5) is 14.5 Å². The third kappa shape index (κ3) is 3.55. The summed E-state index contributed by atoms with van der Waals surface area (Å²) in [4.78, 5) is 16.1. The monoisotopic (exact) mass is 311 g/mol. The maximum Gasteiger partial charge on any atom is 0.252 e. The van der Waals surface area contributed by atoms with Crippen LogP contribution in [0.2, 0.25) is 0 Å². The first kappa shape index (κ1) is 15.4. The third-order valence-electron chi connectivity index (χ3n) is 2.83. The summed E-state index contributed by atoms with van der Waals surface area (Å²) in [6, 6.07) is 1.72. The normalized spacial score (nSPS) is 12.0. The van der Waals surface area contributed by atoms with Crippen LogP contribution in [0.1, 0.15) is 35.3 Å². The van der Waals surface area contributed by atoms with Gasteiger partial charge in [-0.3, -0.25) is 4.79 Å². The topological polar surface area (TPSA) is 54.0 Å². The Morgan fingerprint density at radius 2 is 2.05 bits per heavy atom. The van der Waals surface area contributed by atoms with Crippen LogP contribution in [0.25, 0.3) is 0 Å². The number of anilines is 1. The molecule has 2 aromatic rings. The van der Waals surface area contributed by atoms with Crippen molar-refractivity contribution in [3.05, 3.63) is 45.9 Å². The summed E-state index contributed by atoms with van der Waals surface area (Å²) < 4.78 is 27.6. The molecule has 0 bridgehead atoms. The molecule has 0 aliphatic heterocycles. The van der Waals surface area contributed by atoms with Gasteiger partial charge in [0.2, 0.25) is 0 Å². The first-order valence-corrected chi connectivity index (χ1v) is 7.34. The molecule has 0 radical (unpaired) electrons. The molecule has 2 rings (SSSR count). The molecular weight excluding hydrogens is 296 g/mol. The number of hydrogen-bond donors (Lipinski definition) is 2. The molecule has 0 aliphatic rings. The van der Waals surface area contributed by atoms with Gasteiger partial charge in [0.25, 0.3) is 5.91 Å². The van der Waals surface area contributed by atoms with Gasteiger partial charge in [-0.05, 0) is 26.0 Å². The van der Waals surface area contributed by atoms with E-state index in [4.69, 9.17) is 0 Å². The van der Waals surface area contributed by atoms with Crippen LogP contribution in [-0.2, 0) is 0 Å². The van der Waals surface area contributed by atoms with Gasteiger partial charge in [-0.15, -0.1) is 11.3 Å². The number of thiazole rings is 1. The first-order valence-electron chi connectivity index (χ1n) is 6.46. The van der Waals surface area contributed by atoms with Crippen molar-refractivity contribution in [3.63, 3.8) is 0 Å². The second-order valence-electron chi connectivity index (χ2n) is 4.41. The van der Waals surface area contributed by atoms with Crippen molar-refractivity contribution in [1.82, 2.24) is 10.3 Å². The van der Waals surface area contributed by atoms with E-state index in [1.54, 1.807) is 25.4 Å². The molecule has 0 aliphatic carbocycles. The van der Waals surface area contributed by atoms with Gasteiger partial charge in [0.15, 0.2) is 0 Å². The average Bonchev–Trinajstić information content (AvgIpc) is 2.96. The number of benzene rings is 1. The Bertz CT molecular complexity index is 608. The summed E-state index contributed by atoms with van der Waals surface area (Å²) in [5, 5.41) is 7.77. The van der Waals surface area contributed by atoms with Gasteiger partial charge in [0.1, 0.15) is 22.3 Å². The lowest BCUT2D eigenvalue weighted by Crippen LogP contribution is -2.27. The fourth-order valence-electron chi connectivity index (χ4n) is 1.84. The minimum atomic E-state index is -0.788. The number of nitrogens with one attached hydrogen (secondary N) is 2. The highest BCUT2D eigenvalue weighted by Crippen LogP contribution is 2.21. The van der Waals surface area contributed by atoms with Crippen LogP contribution in [0.5, 0.6) is 0 Å². The van der Waals surface area contributed by atoms with E-state index in [9.17, 15) is 13.6 Å². The maximum atomic E-state index is 13.8. The van der Waals surface area contributed by atoms with E-state index in [2.05, 4.69) is 15.6 Å². The molecule has 1 heterocycles. The molecule has 2 N–H and O–H groups in total. The summed E-state index contributed by atoms with van der Waals surface area (Å²) in [5.41, 5.74) is -0.280. The Hall–Kier alpha value is -2.02. The fourth-order valence-corrected chi connectivity index (χ4v) is 2.49. The van der Waals surface area contributed by atoms with Crippen LogP contribution < -0.4 is 10.6 Å². The largest absolute Gasteiger partial charge is 0.381 e. The van der Waals surface area contributed by atoms with E-state index in [1.807, 2.05) is 0 Å². The van der Waals surface area contributed by atoms with Gasteiger partial charge in [-0.25, -0.2) is 13.8 Å². The van der Waals surface area contributed by atoms with Crippen molar-refractivity contribution in [3.8, 4) is 0 Å². The van der Waals surface area contributed by atoms with Crippen molar-refractivity contribution in [2.24, 2.45) is 0 Å². The van der Waals surface area contributed by atoms with E-state index in [0.717, 1.165) is 17.1 Å². The van der Waals surface area contributed by atoms with Gasteiger partial charge in [0, 0.05) is 23.7 Å². The molecular formula is C14H15F2N3OS. The van der Waals surface area contributed by atoms with E-state index in [0.29, 0.717) is 6.54 Å². The van der Waals surface area contributed by atoms with E-state index >= 15 is 0 Å². The second kappa shape index (κ2) is 6.62. The van der Waals surface area contributed by atoms with Crippen LogP contribution in [0.15, 0.2) is 23.7 Å².